The van der Waals surface area contributed by atoms with Gasteiger partial charge < -0.3 is 10.1 Å². The molecule has 0 aromatic heterocycles. The first-order valence-corrected chi connectivity index (χ1v) is 8.75. The zero-order valence-corrected chi connectivity index (χ0v) is 16.1. The molecule has 8 heteroatoms. The molecule has 0 saturated heterocycles. The second-order valence-corrected chi connectivity index (χ2v) is 6.68. The van der Waals surface area contributed by atoms with E-state index in [2.05, 4.69) is 24.5 Å². The minimum Gasteiger partial charge on any atom is -0.484 e. The molecule has 2 aromatic rings. The van der Waals surface area contributed by atoms with Crippen molar-refractivity contribution in [1.29, 1.82) is 0 Å². The maximum absolute atomic E-state index is 12.0. The number of rotatable bonds is 6. The zero-order chi connectivity index (χ0) is 20.0. The van der Waals surface area contributed by atoms with Gasteiger partial charge in [-0.05, 0) is 60.5 Å². The summed E-state index contributed by atoms with van der Waals surface area (Å²) in [4.78, 5) is 22.1. The third kappa shape index (κ3) is 6.03. The first-order valence-electron chi connectivity index (χ1n) is 8.35. The summed E-state index contributed by atoms with van der Waals surface area (Å²) in [6, 6.07) is 11.4. The zero-order valence-electron chi connectivity index (χ0n) is 15.3. The fourth-order valence-corrected chi connectivity index (χ4v) is 2.76. The minimum atomic E-state index is -0.489. The van der Waals surface area contributed by atoms with Crippen molar-refractivity contribution in [3.63, 3.8) is 0 Å². The molecular formula is C19H21N3O4S. The Balaban J connectivity index is 1.83. The summed E-state index contributed by atoms with van der Waals surface area (Å²) in [7, 11) is 0. The Morgan fingerprint density at radius 1 is 1.22 bits per heavy atom. The maximum atomic E-state index is 12.0. The van der Waals surface area contributed by atoms with Crippen LogP contribution in [0.1, 0.15) is 30.9 Å². The predicted molar refractivity (Wildman–Crippen MR) is 108 cm³/mol. The number of non-ortho nitro benzene ring substituents is 1. The molecule has 0 heterocycles. The highest BCUT2D eigenvalue weighted by Crippen LogP contribution is 2.23. The lowest BCUT2D eigenvalue weighted by molar-refractivity contribution is -0.384. The van der Waals surface area contributed by atoms with Gasteiger partial charge in [0.25, 0.3) is 11.6 Å². The highest BCUT2D eigenvalue weighted by molar-refractivity contribution is 7.80. The molecule has 0 aliphatic carbocycles. The molecule has 1 amide bonds. The molecule has 0 fully saturated rings. The number of nitrogens with zero attached hydrogens (tertiary/aromatic N) is 1. The molecule has 0 atom stereocenters. The Morgan fingerprint density at radius 3 is 2.44 bits per heavy atom. The second kappa shape index (κ2) is 9.09. The molecule has 0 bridgehead atoms. The normalized spacial score (nSPS) is 10.4. The number of carbonyl (C=O) groups is 1. The number of thiocarbonyl (C=S) groups is 1. The lowest BCUT2D eigenvalue weighted by Gasteiger charge is -2.13. The monoisotopic (exact) mass is 387 g/mol. The molecular weight excluding hydrogens is 366 g/mol. The molecule has 27 heavy (non-hydrogen) atoms. The average molecular weight is 387 g/mol. The third-order valence-electron chi connectivity index (χ3n) is 3.82. The van der Waals surface area contributed by atoms with Crippen molar-refractivity contribution in [1.82, 2.24) is 5.32 Å². The number of nitro groups is 1. The van der Waals surface area contributed by atoms with E-state index in [9.17, 15) is 14.9 Å². The van der Waals surface area contributed by atoms with E-state index in [4.69, 9.17) is 17.0 Å². The molecule has 0 radical (unpaired) electrons. The molecule has 142 valence electrons. The van der Waals surface area contributed by atoms with Gasteiger partial charge in [0.15, 0.2) is 11.7 Å². The van der Waals surface area contributed by atoms with Gasteiger partial charge in [-0.25, -0.2) is 0 Å². The van der Waals surface area contributed by atoms with Crippen LogP contribution in [0.2, 0.25) is 0 Å². The van der Waals surface area contributed by atoms with Crippen LogP contribution in [0.3, 0.4) is 0 Å². The van der Waals surface area contributed by atoms with Crippen LogP contribution >= 0.6 is 12.2 Å². The van der Waals surface area contributed by atoms with Gasteiger partial charge >= 0.3 is 0 Å². The summed E-state index contributed by atoms with van der Waals surface area (Å²) in [6.45, 7) is 6.07. The van der Waals surface area contributed by atoms with Gasteiger partial charge in [0.2, 0.25) is 0 Å². The summed E-state index contributed by atoms with van der Waals surface area (Å²) in [6.07, 6.45) is 0. The molecule has 0 spiro atoms. The van der Waals surface area contributed by atoms with Crippen LogP contribution in [-0.2, 0) is 4.79 Å². The minimum absolute atomic E-state index is 0.0253. The molecule has 0 aliphatic heterocycles. The van der Waals surface area contributed by atoms with Crippen LogP contribution in [0.5, 0.6) is 5.75 Å². The molecule has 7 nitrogen and oxygen atoms in total. The van der Waals surface area contributed by atoms with E-state index < -0.39 is 10.8 Å². The first-order chi connectivity index (χ1) is 12.8. The molecule has 2 N–H and O–H groups in total. The second-order valence-electron chi connectivity index (χ2n) is 6.27. The van der Waals surface area contributed by atoms with Crippen LogP contribution < -0.4 is 15.4 Å². The van der Waals surface area contributed by atoms with Crippen LogP contribution in [-0.4, -0.2) is 22.5 Å². The highest BCUT2D eigenvalue weighted by Gasteiger charge is 2.09. The van der Waals surface area contributed by atoms with Crippen molar-refractivity contribution in [2.45, 2.75) is 26.7 Å². The predicted octanol–water partition coefficient (Wildman–Crippen LogP) is 3.92. The lowest BCUT2D eigenvalue weighted by Crippen LogP contribution is -2.37. The topological polar surface area (TPSA) is 93.5 Å². The molecule has 0 saturated carbocycles. The number of nitrogens with one attached hydrogen (secondary N) is 2. The fourth-order valence-electron chi connectivity index (χ4n) is 2.53. The summed E-state index contributed by atoms with van der Waals surface area (Å²) >= 11 is 5.06. The van der Waals surface area contributed by atoms with E-state index in [0.717, 1.165) is 5.56 Å². The Kier molecular flexibility index (Phi) is 6.84. The van der Waals surface area contributed by atoms with Crippen LogP contribution in [0, 0.1) is 17.0 Å². The van der Waals surface area contributed by atoms with Gasteiger partial charge in [0.1, 0.15) is 5.75 Å². The van der Waals surface area contributed by atoms with Gasteiger partial charge in [0, 0.05) is 17.8 Å². The maximum Gasteiger partial charge on any atom is 0.269 e. The van der Waals surface area contributed by atoms with Gasteiger partial charge in [0.05, 0.1) is 4.92 Å². The molecule has 2 aromatic carbocycles. The van der Waals surface area contributed by atoms with Crippen molar-refractivity contribution >= 4 is 34.6 Å². The number of amides is 1. The lowest BCUT2D eigenvalue weighted by atomic mass is 9.98. The number of benzene rings is 2. The largest absolute Gasteiger partial charge is 0.484 e. The Bertz CT molecular complexity index is 851. The number of carbonyl (C=O) groups excluding carboxylic acids is 1. The van der Waals surface area contributed by atoms with Gasteiger partial charge in [-0.15, -0.1) is 0 Å². The van der Waals surface area contributed by atoms with Gasteiger partial charge in [-0.3, -0.25) is 20.2 Å². The van der Waals surface area contributed by atoms with E-state index >= 15 is 0 Å². The number of hydrogen-bond donors (Lipinski definition) is 2. The van der Waals surface area contributed by atoms with E-state index in [0.29, 0.717) is 17.4 Å². The van der Waals surface area contributed by atoms with Crippen molar-refractivity contribution in [2.24, 2.45) is 0 Å². The molecule has 0 aliphatic rings. The number of nitro benzene ring substituents is 1. The number of ether oxygens (including phenoxy) is 1. The Labute approximate surface area is 162 Å². The van der Waals surface area contributed by atoms with E-state index in [1.54, 1.807) is 0 Å². The number of hydrogen-bond acceptors (Lipinski definition) is 5. The van der Waals surface area contributed by atoms with E-state index in [1.807, 2.05) is 25.1 Å². The van der Waals surface area contributed by atoms with Crippen LogP contribution in [0.25, 0.3) is 0 Å². The van der Waals surface area contributed by atoms with Crippen LogP contribution in [0.15, 0.2) is 42.5 Å². The van der Waals surface area contributed by atoms with Crippen molar-refractivity contribution < 1.29 is 14.5 Å². The average Bonchev–Trinajstić information content (AvgIpc) is 2.60. The van der Waals surface area contributed by atoms with E-state index in [1.165, 1.54) is 29.8 Å². The van der Waals surface area contributed by atoms with Crippen LogP contribution in [0.4, 0.5) is 11.4 Å². The fraction of sp³-hybridized carbons (Fsp3) is 0.263. The summed E-state index contributed by atoms with van der Waals surface area (Å²) in [5.74, 6) is 0.631. The highest BCUT2D eigenvalue weighted by atomic mass is 32.1. The Morgan fingerprint density at radius 2 is 1.89 bits per heavy atom. The smallest absolute Gasteiger partial charge is 0.269 e. The number of anilines is 1. The molecule has 0 unspecified atom stereocenters. The standard InChI is InChI=1S/C19H21N3O4S/c1-12(2)17-9-8-16(10-13(17)3)26-11-18(23)21-19(27)20-14-4-6-15(7-5-14)22(24)25/h4-10,12H,11H2,1-3H3,(H2,20,21,23,27). The van der Waals surface area contributed by atoms with Crippen molar-refractivity contribution in [2.75, 3.05) is 11.9 Å². The van der Waals surface area contributed by atoms with Crippen molar-refractivity contribution in [3.05, 3.63) is 63.7 Å². The summed E-state index contributed by atoms with van der Waals surface area (Å²) in [5.41, 5.74) is 2.85. The molecule has 2 rings (SSSR count). The van der Waals surface area contributed by atoms with Gasteiger partial charge in [-0.1, -0.05) is 19.9 Å². The van der Waals surface area contributed by atoms with Crippen molar-refractivity contribution in [3.8, 4) is 5.75 Å². The third-order valence-corrected chi connectivity index (χ3v) is 4.03. The van der Waals surface area contributed by atoms with E-state index in [-0.39, 0.29) is 17.4 Å². The number of aryl methyl sites for hydroxylation is 1. The summed E-state index contributed by atoms with van der Waals surface area (Å²) in [5, 5.41) is 16.0. The van der Waals surface area contributed by atoms with Gasteiger partial charge in [-0.2, -0.15) is 0 Å². The Hall–Kier alpha value is -3.00. The first kappa shape index (κ1) is 20.3. The SMILES string of the molecule is Cc1cc(OCC(=O)NC(=S)Nc2ccc([N+](=O)[O-])cc2)ccc1C(C)C. The quantitative estimate of drug-likeness (QED) is 0.443. The summed E-state index contributed by atoms with van der Waals surface area (Å²) < 4.78 is 5.50.